The van der Waals surface area contributed by atoms with E-state index < -0.39 is 0 Å². The van der Waals surface area contributed by atoms with Gasteiger partial charge in [-0.05, 0) is 19.8 Å². The van der Waals surface area contributed by atoms with E-state index in [0.29, 0.717) is 18.4 Å². The van der Waals surface area contributed by atoms with Crippen LogP contribution in [-0.2, 0) is 6.54 Å². The number of aromatic amines is 2. The second kappa shape index (κ2) is 7.71. The van der Waals surface area contributed by atoms with Gasteiger partial charge in [0.1, 0.15) is 11.6 Å². The van der Waals surface area contributed by atoms with E-state index in [2.05, 4.69) is 36.4 Å². The first-order valence-corrected chi connectivity index (χ1v) is 9.20. The van der Waals surface area contributed by atoms with Crippen molar-refractivity contribution in [3.63, 3.8) is 0 Å². The monoisotopic (exact) mass is 365 g/mol. The lowest BCUT2D eigenvalue weighted by atomic mass is 10.0. The van der Waals surface area contributed by atoms with Crippen molar-refractivity contribution < 1.29 is 0 Å². The smallest absolute Gasteiger partial charge is 0.340 e. The Kier molecular flexibility index (Phi) is 4.97. The molecule has 8 nitrogen and oxygen atoms in total. The van der Waals surface area contributed by atoms with Crippen molar-refractivity contribution in [1.82, 2.24) is 30.5 Å². The molecule has 3 aromatic rings. The highest BCUT2D eigenvalue weighted by Crippen LogP contribution is 2.22. The molecule has 1 aliphatic heterocycles. The van der Waals surface area contributed by atoms with Gasteiger partial charge in [0.15, 0.2) is 5.82 Å². The third kappa shape index (κ3) is 4.22. The maximum absolute atomic E-state index is 11.1. The Morgan fingerprint density at radius 3 is 2.67 bits per heavy atom. The minimum absolute atomic E-state index is 0.269. The molecule has 0 unspecified atom stereocenters. The summed E-state index contributed by atoms with van der Waals surface area (Å²) in [4.78, 5) is 25.4. The van der Waals surface area contributed by atoms with Crippen molar-refractivity contribution in [2.45, 2.75) is 32.4 Å². The molecule has 2 aromatic heterocycles. The summed E-state index contributed by atoms with van der Waals surface area (Å²) in [6.45, 7) is 4.43. The topological polar surface area (TPSA) is 103 Å². The molecule has 8 heteroatoms. The average molecular weight is 365 g/mol. The van der Waals surface area contributed by atoms with Crippen LogP contribution < -0.4 is 15.9 Å². The number of nitrogens with zero attached hydrogens (tertiary/aromatic N) is 4. The summed E-state index contributed by atoms with van der Waals surface area (Å²) in [6.07, 6.45) is 2.02. The molecule has 1 fully saturated rings. The van der Waals surface area contributed by atoms with Crippen molar-refractivity contribution >= 4 is 5.82 Å². The van der Waals surface area contributed by atoms with Gasteiger partial charge in [0, 0.05) is 36.5 Å². The summed E-state index contributed by atoms with van der Waals surface area (Å²) in [5.41, 5.74) is 1.74. The molecule has 140 valence electrons. The molecule has 1 saturated heterocycles. The number of anilines is 1. The number of rotatable bonds is 5. The molecular weight excluding hydrogens is 342 g/mol. The van der Waals surface area contributed by atoms with E-state index >= 15 is 0 Å². The van der Waals surface area contributed by atoms with Crippen molar-refractivity contribution in [1.29, 1.82) is 0 Å². The Labute approximate surface area is 157 Å². The van der Waals surface area contributed by atoms with Gasteiger partial charge in [-0.1, -0.05) is 30.3 Å². The highest BCUT2D eigenvalue weighted by Gasteiger charge is 2.21. The summed E-state index contributed by atoms with van der Waals surface area (Å²) in [6, 6.07) is 12.5. The molecule has 4 rings (SSSR count). The van der Waals surface area contributed by atoms with E-state index in [0.717, 1.165) is 48.8 Å². The predicted molar refractivity (Wildman–Crippen MR) is 103 cm³/mol. The second-order valence-electron chi connectivity index (χ2n) is 6.82. The van der Waals surface area contributed by atoms with Gasteiger partial charge in [-0.25, -0.2) is 19.9 Å². The Morgan fingerprint density at radius 1 is 1.19 bits per heavy atom. The van der Waals surface area contributed by atoms with Crippen LogP contribution in [0.25, 0.3) is 11.4 Å². The van der Waals surface area contributed by atoms with Crippen LogP contribution in [0.3, 0.4) is 0 Å². The van der Waals surface area contributed by atoms with Gasteiger partial charge in [-0.2, -0.15) is 5.10 Å². The van der Waals surface area contributed by atoms with E-state index in [4.69, 9.17) is 4.98 Å². The Balaban J connectivity index is 1.39. The first kappa shape index (κ1) is 17.4. The number of piperidine rings is 1. The fourth-order valence-corrected chi connectivity index (χ4v) is 3.37. The molecule has 1 aliphatic rings. The predicted octanol–water partition coefficient (Wildman–Crippen LogP) is 1.62. The normalized spacial score (nSPS) is 15.2. The molecule has 3 N–H and O–H groups in total. The van der Waals surface area contributed by atoms with E-state index in [9.17, 15) is 4.79 Å². The van der Waals surface area contributed by atoms with Gasteiger partial charge in [-0.3, -0.25) is 4.98 Å². The van der Waals surface area contributed by atoms with Crippen molar-refractivity contribution in [3.05, 3.63) is 58.4 Å². The van der Waals surface area contributed by atoms with Crippen LogP contribution in [0.4, 0.5) is 5.82 Å². The average Bonchev–Trinajstić information content (AvgIpc) is 3.12. The molecule has 1 aromatic carbocycles. The standard InChI is InChI=1S/C19H23N7O/c1-13-11-17(23-18(21-13)14-5-3-2-4-6-14)26-9-7-15(8-10-26)20-12-16-22-19(27)25-24-16/h2-6,11,15,20H,7-10,12H2,1H3,(H2,22,24,25,27). The van der Waals surface area contributed by atoms with Gasteiger partial charge < -0.3 is 10.2 Å². The van der Waals surface area contributed by atoms with E-state index in [-0.39, 0.29) is 5.69 Å². The minimum atomic E-state index is -0.269. The second-order valence-corrected chi connectivity index (χ2v) is 6.82. The van der Waals surface area contributed by atoms with Gasteiger partial charge >= 0.3 is 5.69 Å². The van der Waals surface area contributed by atoms with Crippen LogP contribution in [0.2, 0.25) is 0 Å². The number of benzene rings is 1. The summed E-state index contributed by atoms with van der Waals surface area (Å²) in [5, 5.41) is 9.77. The fourth-order valence-electron chi connectivity index (χ4n) is 3.37. The first-order valence-electron chi connectivity index (χ1n) is 9.20. The largest absolute Gasteiger partial charge is 0.356 e. The third-order valence-electron chi connectivity index (χ3n) is 4.80. The van der Waals surface area contributed by atoms with Gasteiger partial charge in [0.25, 0.3) is 0 Å². The number of hydrogen-bond acceptors (Lipinski definition) is 6. The molecule has 0 radical (unpaired) electrons. The van der Waals surface area contributed by atoms with E-state index in [1.807, 2.05) is 37.3 Å². The molecule has 0 spiro atoms. The summed E-state index contributed by atoms with van der Waals surface area (Å²) < 4.78 is 0. The van der Waals surface area contributed by atoms with Crippen LogP contribution in [0.5, 0.6) is 0 Å². The maximum Gasteiger partial charge on any atom is 0.340 e. The van der Waals surface area contributed by atoms with Crippen LogP contribution >= 0.6 is 0 Å². The molecule has 0 saturated carbocycles. The number of aryl methyl sites for hydroxylation is 1. The maximum atomic E-state index is 11.1. The zero-order chi connectivity index (χ0) is 18.6. The summed E-state index contributed by atoms with van der Waals surface area (Å²) in [5.74, 6) is 2.39. The van der Waals surface area contributed by atoms with Crippen LogP contribution in [0.1, 0.15) is 24.4 Å². The van der Waals surface area contributed by atoms with Crippen LogP contribution in [-0.4, -0.2) is 44.3 Å². The zero-order valence-corrected chi connectivity index (χ0v) is 15.3. The highest BCUT2D eigenvalue weighted by atomic mass is 16.1. The van der Waals surface area contributed by atoms with E-state index in [1.54, 1.807) is 0 Å². The Bertz CT molecular complexity index is 942. The Morgan fingerprint density at radius 2 is 1.96 bits per heavy atom. The van der Waals surface area contributed by atoms with Crippen molar-refractivity contribution in [2.24, 2.45) is 0 Å². The molecule has 27 heavy (non-hydrogen) atoms. The number of nitrogens with one attached hydrogen (secondary N) is 3. The lowest BCUT2D eigenvalue weighted by Gasteiger charge is -2.33. The molecule has 0 atom stereocenters. The van der Waals surface area contributed by atoms with Crippen molar-refractivity contribution in [2.75, 3.05) is 18.0 Å². The molecular formula is C19H23N7O. The minimum Gasteiger partial charge on any atom is -0.356 e. The summed E-state index contributed by atoms with van der Waals surface area (Å²) >= 11 is 0. The highest BCUT2D eigenvalue weighted by molar-refractivity contribution is 5.57. The van der Waals surface area contributed by atoms with Gasteiger partial charge in [0.2, 0.25) is 0 Å². The summed E-state index contributed by atoms with van der Waals surface area (Å²) in [7, 11) is 0. The number of H-pyrrole nitrogens is 2. The lowest BCUT2D eigenvalue weighted by molar-refractivity contribution is 0.408. The van der Waals surface area contributed by atoms with Crippen LogP contribution in [0, 0.1) is 6.92 Å². The molecule has 0 bridgehead atoms. The molecule has 0 aliphatic carbocycles. The quantitative estimate of drug-likeness (QED) is 0.635. The molecule has 3 heterocycles. The lowest BCUT2D eigenvalue weighted by Crippen LogP contribution is -2.42. The number of hydrogen-bond donors (Lipinski definition) is 3. The SMILES string of the molecule is Cc1cc(N2CCC(NCc3n[nH]c(=O)[nH]3)CC2)nc(-c2ccccc2)n1. The zero-order valence-electron chi connectivity index (χ0n) is 15.3. The Hall–Kier alpha value is -3.00. The first-order chi connectivity index (χ1) is 13.2. The van der Waals surface area contributed by atoms with E-state index in [1.165, 1.54) is 0 Å². The fraction of sp³-hybridized carbons (Fsp3) is 0.368. The van der Waals surface area contributed by atoms with Gasteiger partial charge in [-0.15, -0.1) is 0 Å². The number of aromatic nitrogens is 5. The molecule has 0 amide bonds. The van der Waals surface area contributed by atoms with Crippen LogP contribution in [0.15, 0.2) is 41.2 Å². The van der Waals surface area contributed by atoms with Gasteiger partial charge in [0.05, 0.1) is 6.54 Å². The van der Waals surface area contributed by atoms with Crippen molar-refractivity contribution in [3.8, 4) is 11.4 Å². The third-order valence-corrected chi connectivity index (χ3v) is 4.80.